The van der Waals surface area contributed by atoms with E-state index in [1.807, 2.05) is 43.3 Å². The number of aromatic nitrogens is 1. The Labute approximate surface area is 128 Å². The number of hydrogen-bond acceptors (Lipinski definition) is 4. The molecule has 0 aliphatic carbocycles. The molecule has 0 atom stereocenters. The second kappa shape index (κ2) is 6.32. The van der Waals surface area contributed by atoms with Crippen molar-refractivity contribution in [2.75, 3.05) is 24.3 Å². The fourth-order valence-corrected chi connectivity index (χ4v) is 1.85. The van der Waals surface area contributed by atoms with E-state index in [9.17, 15) is 4.79 Å². The summed E-state index contributed by atoms with van der Waals surface area (Å²) >= 11 is 4.85. The van der Waals surface area contributed by atoms with Crippen LogP contribution in [0, 0.1) is 0 Å². The number of pyridine rings is 1. The normalized spacial score (nSPS) is 10.0. The van der Waals surface area contributed by atoms with Crippen LogP contribution >= 0.6 is 12.2 Å². The molecule has 6 heteroatoms. The Bertz CT molecular complexity index is 668. The highest BCUT2D eigenvalue weighted by Crippen LogP contribution is 2.17. The van der Waals surface area contributed by atoms with Gasteiger partial charge in [-0.2, -0.15) is 0 Å². The van der Waals surface area contributed by atoms with Gasteiger partial charge in [0.25, 0.3) is 5.91 Å². The third-order valence-corrected chi connectivity index (χ3v) is 3.14. The first-order valence-corrected chi connectivity index (χ1v) is 6.73. The molecule has 3 N–H and O–H groups in total. The SMILES string of the molecule is CN(C)c1cccc(NC(=O)c2ccc(C(N)=S)cn2)c1. The van der Waals surface area contributed by atoms with Crippen LogP contribution in [0.1, 0.15) is 16.1 Å². The smallest absolute Gasteiger partial charge is 0.274 e. The number of carbonyl (C=O) groups excluding carboxylic acids is 1. The predicted molar refractivity (Wildman–Crippen MR) is 88.8 cm³/mol. The number of nitrogens with two attached hydrogens (primary N) is 1. The number of benzene rings is 1. The van der Waals surface area contributed by atoms with Gasteiger partial charge in [-0.05, 0) is 30.3 Å². The highest BCUT2D eigenvalue weighted by atomic mass is 32.1. The molecular weight excluding hydrogens is 284 g/mol. The van der Waals surface area contributed by atoms with E-state index in [4.69, 9.17) is 18.0 Å². The number of carbonyl (C=O) groups is 1. The van der Waals surface area contributed by atoms with Gasteiger partial charge in [0.1, 0.15) is 10.7 Å². The number of rotatable bonds is 4. The van der Waals surface area contributed by atoms with Gasteiger partial charge >= 0.3 is 0 Å². The molecule has 0 unspecified atom stereocenters. The van der Waals surface area contributed by atoms with Crippen LogP contribution in [0.4, 0.5) is 11.4 Å². The summed E-state index contributed by atoms with van der Waals surface area (Å²) in [5, 5.41) is 2.81. The highest BCUT2D eigenvalue weighted by Gasteiger charge is 2.09. The van der Waals surface area contributed by atoms with Gasteiger partial charge in [0, 0.05) is 37.2 Å². The minimum absolute atomic E-state index is 0.258. The zero-order valence-electron chi connectivity index (χ0n) is 11.8. The second-order valence-electron chi connectivity index (χ2n) is 4.70. The maximum atomic E-state index is 12.1. The Morgan fingerprint density at radius 2 is 2.05 bits per heavy atom. The molecule has 0 saturated carbocycles. The average Bonchev–Trinajstić information content (AvgIpc) is 2.47. The number of nitrogens with zero attached hydrogens (tertiary/aromatic N) is 2. The van der Waals surface area contributed by atoms with Crippen molar-refractivity contribution in [1.82, 2.24) is 4.98 Å². The van der Waals surface area contributed by atoms with Crippen molar-refractivity contribution in [3.05, 3.63) is 53.9 Å². The van der Waals surface area contributed by atoms with E-state index >= 15 is 0 Å². The third-order valence-electron chi connectivity index (χ3n) is 2.90. The summed E-state index contributed by atoms with van der Waals surface area (Å²) in [6.45, 7) is 0. The molecule has 1 heterocycles. The van der Waals surface area contributed by atoms with E-state index < -0.39 is 0 Å². The molecule has 108 valence electrons. The summed E-state index contributed by atoms with van der Waals surface area (Å²) in [5.74, 6) is -0.277. The minimum atomic E-state index is -0.277. The van der Waals surface area contributed by atoms with Crippen molar-refractivity contribution in [2.45, 2.75) is 0 Å². The van der Waals surface area contributed by atoms with Gasteiger partial charge in [0.05, 0.1) is 0 Å². The maximum absolute atomic E-state index is 12.1. The fourth-order valence-electron chi connectivity index (χ4n) is 1.73. The standard InChI is InChI=1S/C15H16N4OS/c1-19(2)12-5-3-4-11(8-12)18-15(20)13-7-6-10(9-17-13)14(16)21/h3-9H,1-2H3,(H2,16,21)(H,18,20). The molecule has 2 aromatic rings. The molecule has 1 aromatic heterocycles. The molecule has 0 aliphatic rings. The fraction of sp³-hybridized carbons (Fsp3) is 0.133. The van der Waals surface area contributed by atoms with E-state index in [-0.39, 0.29) is 10.9 Å². The van der Waals surface area contributed by atoms with Crippen LogP contribution in [-0.2, 0) is 0 Å². The Morgan fingerprint density at radius 1 is 1.29 bits per heavy atom. The van der Waals surface area contributed by atoms with Gasteiger partial charge < -0.3 is 16.0 Å². The molecule has 0 saturated heterocycles. The molecule has 21 heavy (non-hydrogen) atoms. The lowest BCUT2D eigenvalue weighted by atomic mass is 10.2. The van der Waals surface area contributed by atoms with E-state index in [1.54, 1.807) is 12.1 Å². The molecular formula is C15H16N4OS. The van der Waals surface area contributed by atoms with Gasteiger partial charge in [-0.25, -0.2) is 0 Å². The Hall–Kier alpha value is -2.47. The molecule has 1 amide bonds. The molecule has 0 fully saturated rings. The van der Waals surface area contributed by atoms with E-state index in [0.29, 0.717) is 16.9 Å². The first-order chi connectivity index (χ1) is 9.97. The van der Waals surface area contributed by atoms with E-state index in [2.05, 4.69) is 10.3 Å². The lowest BCUT2D eigenvalue weighted by Gasteiger charge is -2.14. The largest absolute Gasteiger partial charge is 0.389 e. The van der Waals surface area contributed by atoms with Crippen molar-refractivity contribution in [3.63, 3.8) is 0 Å². The maximum Gasteiger partial charge on any atom is 0.274 e. The summed E-state index contributed by atoms with van der Waals surface area (Å²) in [4.78, 5) is 18.4. The molecule has 0 radical (unpaired) electrons. The quantitative estimate of drug-likeness (QED) is 0.846. The number of anilines is 2. The summed E-state index contributed by atoms with van der Waals surface area (Å²) in [6.07, 6.45) is 1.49. The number of thiocarbonyl (C=S) groups is 1. The summed E-state index contributed by atoms with van der Waals surface area (Å²) < 4.78 is 0. The molecule has 0 aliphatic heterocycles. The topological polar surface area (TPSA) is 71.2 Å². The lowest BCUT2D eigenvalue weighted by Crippen LogP contribution is -2.16. The zero-order chi connectivity index (χ0) is 15.4. The van der Waals surface area contributed by atoms with Crippen LogP contribution in [0.5, 0.6) is 0 Å². The van der Waals surface area contributed by atoms with E-state index in [1.165, 1.54) is 6.20 Å². The molecule has 0 bridgehead atoms. The van der Waals surface area contributed by atoms with Crippen molar-refractivity contribution >= 4 is 34.5 Å². The van der Waals surface area contributed by atoms with E-state index in [0.717, 1.165) is 5.69 Å². The average molecular weight is 300 g/mol. The van der Waals surface area contributed by atoms with Crippen molar-refractivity contribution in [3.8, 4) is 0 Å². The van der Waals surface area contributed by atoms with Crippen LogP contribution in [0.25, 0.3) is 0 Å². The van der Waals surface area contributed by atoms with Crippen LogP contribution < -0.4 is 16.0 Å². The monoisotopic (exact) mass is 300 g/mol. The van der Waals surface area contributed by atoms with Gasteiger partial charge in [0.15, 0.2) is 0 Å². The summed E-state index contributed by atoms with van der Waals surface area (Å²) in [7, 11) is 3.88. The predicted octanol–water partition coefficient (Wildman–Crippen LogP) is 2.03. The van der Waals surface area contributed by atoms with Crippen LogP contribution in [0.2, 0.25) is 0 Å². The first-order valence-electron chi connectivity index (χ1n) is 6.32. The van der Waals surface area contributed by atoms with Crippen LogP contribution in [0.15, 0.2) is 42.6 Å². The zero-order valence-corrected chi connectivity index (χ0v) is 12.6. The second-order valence-corrected chi connectivity index (χ2v) is 5.14. The van der Waals surface area contributed by atoms with Gasteiger partial charge in [-0.1, -0.05) is 18.3 Å². The lowest BCUT2D eigenvalue weighted by molar-refractivity contribution is 0.102. The minimum Gasteiger partial charge on any atom is -0.389 e. The highest BCUT2D eigenvalue weighted by molar-refractivity contribution is 7.80. The van der Waals surface area contributed by atoms with Gasteiger partial charge in [0.2, 0.25) is 0 Å². The molecule has 1 aromatic carbocycles. The van der Waals surface area contributed by atoms with Crippen LogP contribution in [0.3, 0.4) is 0 Å². The van der Waals surface area contributed by atoms with Crippen LogP contribution in [-0.4, -0.2) is 30.0 Å². The van der Waals surface area contributed by atoms with Crippen molar-refractivity contribution < 1.29 is 4.79 Å². The Balaban J connectivity index is 2.14. The third kappa shape index (κ3) is 3.76. The van der Waals surface area contributed by atoms with Crippen molar-refractivity contribution in [1.29, 1.82) is 0 Å². The Kier molecular flexibility index (Phi) is 4.49. The van der Waals surface area contributed by atoms with Gasteiger partial charge in [-0.15, -0.1) is 0 Å². The summed E-state index contributed by atoms with van der Waals surface area (Å²) in [6, 6.07) is 10.8. The number of amides is 1. The van der Waals surface area contributed by atoms with Crippen molar-refractivity contribution in [2.24, 2.45) is 5.73 Å². The molecule has 5 nitrogen and oxygen atoms in total. The Morgan fingerprint density at radius 3 is 2.62 bits per heavy atom. The number of nitrogens with one attached hydrogen (secondary N) is 1. The molecule has 2 rings (SSSR count). The summed E-state index contributed by atoms with van der Waals surface area (Å²) in [5.41, 5.74) is 8.16. The number of hydrogen-bond donors (Lipinski definition) is 2. The molecule has 0 spiro atoms. The first kappa shape index (κ1) is 14.9. The van der Waals surface area contributed by atoms with Gasteiger partial charge in [-0.3, -0.25) is 9.78 Å².